The maximum absolute atomic E-state index is 13.1. The predicted octanol–water partition coefficient (Wildman–Crippen LogP) is 2.86. The average Bonchev–Trinajstić information content (AvgIpc) is 3.15. The number of nitrogens with zero attached hydrogens (tertiary/aromatic N) is 3. The highest BCUT2D eigenvalue weighted by atomic mass is 32.2. The van der Waals surface area contributed by atoms with E-state index in [1.807, 2.05) is 24.3 Å². The first-order chi connectivity index (χ1) is 14.5. The van der Waals surface area contributed by atoms with Crippen molar-refractivity contribution in [3.05, 3.63) is 95.9 Å². The number of nitrogen functional groups attached to an aromatic ring is 1. The molecular formula is C22H18N4O3S. The van der Waals surface area contributed by atoms with E-state index in [0.29, 0.717) is 22.4 Å². The fourth-order valence-corrected chi connectivity index (χ4v) is 3.67. The molecule has 0 radical (unpaired) electrons. The van der Waals surface area contributed by atoms with Gasteiger partial charge in [-0.2, -0.15) is 5.10 Å². The van der Waals surface area contributed by atoms with Crippen molar-refractivity contribution in [3.8, 4) is 16.8 Å². The first-order valence-electron chi connectivity index (χ1n) is 9.12. The Hall–Kier alpha value is -3.78. The smallest absolute Gasteiger partial charge is 0.198 e. The Bertz CT molecular complexity index is 1270. The molecule has 2 heterocycles. The Labute approximate surface area is 174 Å². The summed E-state index contributed by atoms with van der Waals surface area (Å²) in [6.07, 6.45) is 4.88. The SMILES string of the molecule is Nc1c(C(=O)c2cccc(-c3cccnc3)c2)cnn1-c1ccc(C[SH](=O)=O)cc1. The molecule has 2 aromatic heterocycles. The molecule has 0 unspecified atom stereocenters. The molecule has 0 saturated carbocycles. The number of pyridine rings is 1. The van der Waals surface area contributed by atoms with Crippen molar-refractivity contribution in [3.63, 3.8) is 0 Å². The Balaban J connectivity index is 1.63. The van der Waals surface area contributed by atoms with Gasteiger partial charge in [-0.3, -0.25) is 9.78 Å². The van der Waals surface area contributed by atoms with E-state index in [0.717, 1.165) is 11.1 Å². The molecule has 8 heteroatoms. The Morgan fingerprint density at radius 1 is 0.967 bits per heavy atom. The van der Waals surface area contributed by atoms with E-state index < -0.39 is 10.7 Å². The standard InChI is InChI=1S/C22H18N4O3S/c23-22-20(13-25-26(22)19-8-6-15(7-9-19)14-30(28)29)21(27)17-4-1-3-16(11-17)18-5-2-10-24-12-18/h1-13,30H,14,23H2. The number of benzene rings is 2. The van der Waals surface area contributed by atoms with Crippen molar-refractivity contribution in [2.75, 3.05) is 5.73 Å². The number of nitrogens with two attached hydrogens (primary N) is 1. The summed E-state index contributed by atoms with van der Waals surface area (Å²) in [7, 11) is -2.49. The first-order valence-corrected chi connectivity index (χ1v) is 10.5. The highest BCUT2D eigenvalue weighted by Gasteiger charge is 2.18. The molecule has 7 nitrogen and oxygen atoms in total. The van der Waals surface area contributed by atoms with E-state index in [1.54, 1.807) is 48.8 Å². The van der Waals surface area contributed by atoms with Crippen LogP contribution in [0.3, 0.4) is 0 Å². The summed E-state index contributed by atoms with van der Waals surface area (Å²) in [4.78, 5) is 17.2. The lowest BCUT2D eigenvalue weighted by Gasteiger charge is -2.07. The molecule has 0 spiro atoms. The van der Waals surface area contributed by atoms with Crippen LogP contribution in [0.15, 0.2) is 79.3 Å². The Morgan fingerprint density at radius 2 is 1.73 bits per heavy atom. The van der Waals surface area contributed by atoms with Gasteiger partial charge in [0.05, 0.1) is 23.2 Å². The van der Waals surface area contributed by atoms with Crippen molar-refractivity contribution >= 4 is 22.3 Å². The van der Waals surface area contributed by atoms with Crippen LogP contribution in [0, 0.1) is 0 Å². The lowest BCUT2D eigenvalue weighted by atomic mass is 10.00. The van der Waals surface area contributed by atoms with Gasteiger partial charge in [0, 0.05) is 23.5 Å². The van der Waals surface area contributed by atoms with Crippen LogP contribution in [0.2, 0.25) is 0 Å². The van der Waals surface area contributed by atoms with E-state index in [9.17, 15) is 13.2 Å². The number of hydrogen-bond donors (Lipinski definition) is 2. The molecule has 0 amide bonds. The highest BCUT2D eigenvalue weighted by molar-refractivity contribution is 7.71. The van der Waals surface area contributed by atoms with Crippen LogP contribution in [0.25, 0.3) is 16.8 Å². The van der Waals surface area contributed by atoms with Gasteiger partial charge in [0.2, 0.25) is 0 Å². The van der Waals surface area contributed by atoms with E-state index in [4.69, 9.17) is 5.73 Å². The molecule has 0 atom stereocenters. The van der Waals surface area contributed by atoms with E-state index in [2.05, 4.69) is 10.1 Å². The maximum atomic E-state index is 13.1. The van der Waals surface area contributed by atoms with Crippen LogP contribution in [0.4, 0.5) is 5.82 Å². The molecule has 0 fully saturated rings. The number of rotatable bonds is 6. The van der Waals surface area contributed by atoms with Gasteiger partial charge >= 0.3 is 0 Å². The van der Waals surface area contributed by atoms with Gasteiger partial charge in [0.15, 0.2) is 5.78 Å². The van der Waals surface area contributed by atoms with Crippen molar-refractivity contribution in [1.29, 1.82) is 0 Å². The topological polar surface area (TPSA) is 108 Å². The fraction of sp³-hybridized carbons (Fsp3) is 0.0455. The second-order valence-corrected chi connectivity index (χ2v) is 7.65. The zero-order chi connectivity index (χ0) is 21.1. The third-order valence-electron chi connectivity index (χ3n) is 4.66. The second-order valence-electron chi connectivity index (χ2n) is 6.66. The number of thiol groups is 1. The number of aromatic nitrogens is 3. The lowest BCUT2D eigenvalue weighted by molar-refractivity contribution is 0.103. The van der Waals surface area contributed by atoms with E-state index in [1.165, 1.54) is 10.9 Å². The van der Waals surface area contributed by atoms with Crippen LogP contribution < -0.4 is 5.73 Å². The van der Waals surface area contributed by atoms with Crippen molar-refractivity contribution in [1.82, 2.24) is 14.8 Å². The first kappa shape index (κ1) is 19.5. The molecule has 150 valence electrons. The minimum Gasteiger partial charge on any atom is -0.383 e. The highest BCUT2D eigenvalue weighted by Crippen LogP contribution is 2.24. The van der Waals surface area contributed by atoms with Gasteiger partial charge in [-0.25, -0.2) is 13.1 Å². The van der Waals surface area contributed by atoms with Crippen molar-refractivity contribution in [2.45, 2.75) is 5.75 Å². The number of anilines is 1. The van der Waals surface area contributed by atoms with Crippen LogP contribution in [-0.2, 0) is 16.5 Å². The molecule has 2 aromatic carbocycles. The molecule has 30 heavy (non-hydrogen) atoms. The van der Waals surface area contributed by atoms with Gasteiger partial charge in [-0.1, -0.05) is 36.4 Å². The number of hydrogen-bond acceptors (Lipinski definition) is 6. The normalized spacial score (nSPS) is 11.0. The van der Waals surface area contributed by atoms with Gasteiger partial charge in [0.1, 0.15) is 16.5 Å². The summed E-state index contributed by atoms with van der Waals surface area (Å²) in [6.45, 7) is 0. The maximum Gasteiger partial charge on any atom is 0.198 e. The molecular weight excluding hydrogens is 400 g/mol. The van der Waals surface area contributed by atoms with Crippen molar-refractivity contribution in [2.24, 2.45) is 0 Å². The molecule has 0 aliphatic heterocycles. The third-order valence-corrected chi connectivity index (χ3v) is 5.29. The monoisotopic (exact) mass is 418 g/mol. The van der Waals surface area contributed by atoms with Crippen molar-refractivity contribution < 1.29 is 13.2 Å². The Kier molecular flexibility index (Phi) is 5.40. The molecule has 0 bridgehead atoms. The van der Waals surface area contributed by atoms with Gasteiger partial charge < -0.3 is 5.73 Å². The summed E-state index contributed by atoms with van der Waals surface area (Å²) < 4.78 is 23.2. The summed E-state index contributed by atoms with van der Waals surface area (Å²) in [5.41, 5.74) is 10.1. The third kappa shape index (κ3) is 3.99. The van der Waals surface area contributed by atoms with Crippen LogP contribution in [0.5, 0.6) is 0 Å². The average molecular weight is 418 g/mol. The number of ketones is 1. The number of carbonyl (C=O) groups is 1. The largest absolute Gasteiger partial charge is 0.383 e. The zero-order valence-electron chi connectivity index (χ0n) is 15.8. The van der Waals surface area contributed by atoms with E-state index in [-0.39, 0.29) is 17.4 Å². The minimum atomic E-state index is -2.49. The van der Waals surface area contributed by atoms with Crippen LogP contribution in [-0.4, -0.2) is 29.0 Å². The fourth-order valence-electron chi connectivity index (χ4n) is 3.16. The molecule has 0 saturated heterocycles. The molecule has 2 N–H and O–H groups in total. The van der Waals surface area contributed by atoms with Gasteiger partial charge in [0.25, 0.3) is 0 Å². The lowest BCUT2D eigenvalue weighted by Crippen LogP contribution is -2.07. The molecule has 0 aliphatic carbocycles. The molecule has 0 aliphatic rings. The summed E-state index contributed by atoms with van der Waals surface area (Å²) >= 11 is 0. The van der Waals surface area contributed by atoms with Gasteiger partial charge in [-0.15, -0.1) is 0 Å². The predicted molar refractivity (Wildman–Crippen MR) is 115 cm³/mol. The van der Waals surface area contributed by atoms with Crippen LogP contribution >= 0.6 is 0 Å². The summed E-state index contributed by atoms with van der Waals surface area (Å²) in [5.74, 6) is -0.0415. The summed E-state index contributed by atoms with van der Waals surface area (Å²) in [6, 6.07) is 17.9. The second kappa shape index (κ2) is 8.30. The zero-order valence-corrected chi connectivity index (χ0v) is 16.7. The van der Waals surface area contributed by atoms with Crippen LogP contribution in [0.1, 0.15) is 21.5 Å². The molecule has 4 rings (SSSR count). The molecule has 4 aromatic rings. The minimum absolute atomic E-state index is 0.0266. The van der Waals surface area contributed by atoms with E-state index >= 15 is 0 Å². The quantitative estimate of drug-likeness (QED) is 0.368. The summed E-state index contributed by atoms with van der Waals surface area (Å²) in [5, 5.41) is 4.25. The van der Waals surface area contributed by atoms with Gasteiger partial charge in [-0.05, 0) is 35.4 Å². The Morgan fingerprint density at radius 3 is 2.43 bits per heavy atom. The number of carbonyl (C=O) groups excluding carboxylic acids is 1.